The summed E-state index contributed by atoms with van der Waals surface area (Å²) in [5, 5.41) is 5.99. The summed E-state index contributed by atoms with van der Waals surface area (Å²) in [5.74, 6) is -1.19. The third-order valence-corrected chi connectivity index (χ3v) is 3.19. The fourth-order valence-corrected chi connectivity index (χ4v) is 1.86. The second-order valence-corrected chi connectivity index (χ2v) is 6.25. The first-order chi connectivity index (χ1) is 10.3. The number of sulfonamides is 1. The van der Waals surface area contributed by atoms with Crippen LogP contribution in [0.1, 0.15) is 22.1 Å². The van der Waals surface area contributed by atoms with E-state index in [0.29, 0.717) is 5.56 Å². The number of nitrogens with one attached hydrogen (secondary N) is 2. The van der Waals surface area contributed by atoms with Crippen LogP contribution in [0.25, 0.3) is 0 Å². The summed E-state index contributed by atoms with van der Waals surface area (Å²) in [6.07, 6.45) is 0.986. The molecule has 0 atom stereocenters. The highest BCUT2D eigenvalue weighted by Crippen LogP contribution is 2.03. The average Bonchev–Trinajstić information content (AvgIpc) is 2.92. The van der Waals surface area contributed by atoms with Crippen molar-refractivity contribution in [2.75, 3.05) is 6.26 Å². The van der Waals surface area contributed by atoms with Crippen molar-refractivity contribution in [3.05, 3.63) is 47.4 Å². The van der Waals surface area contributed by atoms with E-state index < -0.39 is 15.9 Å². The van der Waals surface area contributed by atoms with E-state index in [-0.39, 0.29) is 30.6 Å². The van der Waals surface area contributed by atoms with E-state index in [4.69, 9.17) is 4.52 Å². The monoisotopic (exact) mass is 328 g/mol. The Hall–Kier alpha value is -2.33. The zero-order valence-corrected chi connectivity index (χ0v) is 12.4. The lowest BCUT2D eigenvalue weighted by atomic mass is 10.2. The fourth-order valence-electron chi connectivity index (χ4n) is 1.48. The molecule has 1 heterocycles. The number of carbonyl (C=O) groups excluding carboxylic acids is 1. The third-order valence-electron chi connectivity index (χ3n) is 2.52. The van der Waals surface area contributed by atoms with E-state index in [9.17, 15) is 17.6 Å². The number of benzene rings is 1. The molecule has 0 bridgehead atoms. The Morgan fingerprint density at radius 2 is 1.95 bits per heavy atom. The van der Waals surface area contributed by atoms with Crippen LogP contribution in [0.5, 0.6) is 0 Å². The van der Waals surface area contributed by atoms with Crippen LogP contribution in [-0.4, -0.2) is 30.7 Å². The molecule has 0 saturated carbocycles. The van der Waals surface area contributed by atoms with Gasteiger partial charge in [0.05, 0.1) is 12.8 Å². The Morgan fingerprint density at radius 3 is 2.59 bits per heavy atom. The minimum atomic E-state index is -3.39. The molecule has 0 unspecified atom stereocenters. The summed E-state index contributed by atoms with van der Waals surface area (Å²) in [4.78, 5) is 15.6. The number of halogens is 1. The molecule has 118 valence electrons. The van der Waals surface area contributed by atoms with Gasteiger partial charge < -0.3 is 9.84 Å². The molecular weight excluding hydrogens is 315 g/mol. The molecule has 22 heavy (non-hydrogen) atoms. The molecule has 1 amide bonds. The van der Waals surface area contributed by atoms with Crippen molar-refractivity contribution < 1.29 is 22.1 Å². The molecule has 2 rings (SSSR count). The van der Waals surface area contributed by atoms with Gasteiger partial charge in [0.25, 0.3) is 11.7 Å². The Balaban J connectivity index is 1.90. The van der Waals surface area contributed by atoms with E-state index in [1.807, 2.05) is 0 Å². The first kappa shape index (κ1) is 16.0. The van der Waals surface area contributed by atoms with Crippen molar-refractivity contribution in [1.29, 1.82) is 0 Å². The molecule has 0 spiro atoms. The summed E-state index contributed by atoms with van der Waals surface area (Å²) in [5.41, 5.74) is 0.706. The predicted octanol–water partition coefficient (Wildman–Crippen LogP) is 0.188. The molecule has 0 radical (unpaired) electrons. The highest BCUT2D eigenvalue weighted by molar-refractivity contribution is 7.88. The van der Waals surface area contributed by atoms with Gasteiger partial charge in [-0.15, -0.1) is 0 Å². The van der Waals surface area contributed by atoms with Crippen molar-refractivity contribution in [2.45, 2.75) is 13.1 Å². The highest BCUT2D eigenvalue weighted by Gasteiger charge is 2.15. The molecule has 0 saturated heterocycles. The van der Waals surface area contributed by atoms with Gasteiger partial charge in [0.15, 0.2) is 0 Å². The molecule has 2 aromatic rings. The van der Waals surface area contributed by atoms with Gasteiger partial charge in [-0.2, -0.15) is 4.98 Å². The van der Waals surface area contributed by atoms with E-state index in [2.05, 4.69) is 20.2 Å². The van der Waals surface area contributed by atoms with Gasteiger partial charge in [0, 0.05) is 6.54 Å². The molecule has 0 fully saturated rings. The van der Waals surface area contributed by atoms with Gasteiger partial charge in [-0.05, 0) is 17.7 Å². The SMILES string of the molecule is CS(=O)(=O)NCc1nc(C(=O)NCc2ccc(F)cc2)no1. The van der Waals surface area contributed by atoms with Crippen LogP contribution in [0, 0.1) is 5.82 Å². The fraction of sp³-hybridized carbons (Fsp3) is 0.250. The largest absolute Gasteiger partial charge is 0.345 e. The molecule has 2 N–H and O–H groups in total. The van der Waals surface area contributed by atoms with E-state index in [1.165, 1.54) is 24.3 Å². The minimum Gasteiger partial charge on any atom is -0.345 e. The number of aromatic nitrogens is 2. The Labute approximate surface area is 125 Å². The summed E-state index contributed by atoms with van der Waals surface area (Å²) >= 11 is 0. The van der Waals surface area contributed by atoms with E-state index in [1.54, 1.807) is 0 Å². The molecule has 0 aliphatic rings. The number of hydrogen-bond donors (Lipinski definition) is 2. The molecular formula is C12H13FN4O4S. The number of amides is 1. The second kappa shape index (κ2) is 6.62. The van der Waals surface area contributed by atoms with E-state index in [0.717, 1.165) is 6.26 Å². The average molecular weight is 328 g/mol. The summed E-state index contributed by atoms with van der Waals surface area (Å²) in [6, 6.07) is 5.64. The van der Waals surface area contributed by atoms with Crippen molar-refractivity contribution in [3.8, 4) is 0 Å². The topological polar surface area (TPSA) is 114 Å². The van der Waals surface area contributed by atoms with Crippen LogP contribution in [-0.2, 0) is 23.1 Å². The first-order valence-electron chi connectivity index (χ1n) is 6.13. The zero-order chi connectivity index (χ0) is 16.2. The second-order valence-electron chi connectivity index (χ2n) is 4.41. The predicted molar refractivity (Wildman–Crippen MR) is 73.6 cm³/mol. The first-order valence-corrected chi connectivity index (χ1v) is 8.02. The van der Waals surface area contributed by atoms with Gasteiger partial charge in [0.1, 0.15) is 5.82 Å². The quantitative estimate of drug-likeness (QED) is 0.782. The van der Waals surface area contributed by atoms with Crippen LogP contribution >= 0.6 is 0 Å². The lowest BCUT2D eigenvalue weighted by Gasteiger charge is -2.02. The molecule has 1 aromatic heterocycles. The van der Waals surface area contributed by atoms with Gasteiger partial charge in [-0.25, -0.2) is 17.5 Å². The number of nitrogens with zero attached hydrogens (tertiary/aromatic N) is 2. The Kier molecular flexibility index (Phi) is 4.83. The third kappa shape index (κ3) is 4.90. The van der Waals surface area contributed by atoms with Crippen LogP contribution < -0.4 is 10.0 Å². The maximum Gasteiger partial charge on any atom is 0.292 e. The zero-order valence-electron chi connectivity index (χ0n) is 11.5. The lowest BCUT2D eigenvalue weighted by molar-refractivity contribution is 0.0937. The maximum atomic E-state index is 12.7. The highest BCUT2D eigenvalue weighted by atomic mass is 32.2. The number of hydrogen-bond acceptors (Lipinski definition) is 6. The summed E-state index contributed by atoms with van der Waals surface area (Å²) < 4.78 is 41.5. The molecule has 1 aromatic carbocycles. The Morgan fingerprint density at radius 1 is 1.27 bits per heavy atom. The number of carbonyl (C=O) groups is 1. The van der Waals surface area contributed by atoms with Gasteiger partial charge in [-0.3, -0.25) is 4.79 Å². The normalized spacial score (nSPS) is 11.4. The van der Waals surface area contributed by atoms with Gasteiger partial charge in [0.2, 0.25) is 15.9 Å². The Bertz CT molecular complexity index is 758. The van der Waals surface area contributed by atoms with Gasteiger partial charge in [-0.1, -0.05) is 17.3 Å². The number of rotatable bonds is 6. The molecule has 8 nitrogen and oxygen atoms in total. The van der Waals surface area contributed by atoms with Crippen molar-refractivity contribution >= 4 is 15.9 Å². The summed E-state index contributed by atoms with van der Waals surface area (Å²) in [7, 11) is -3.39. The van der Waals surface area contributed by atoms with E-state index >= 15 is 0 Å². The maximum absolute atomic E-state index is 12.7. The van der Waals surface area contributed by atoms with Crippen molar-refractivity contribution in [1.82, 2.24) is 20.2 Å². The van der Waals surface area contributed by atoms with Crippen molar-refractivity contribution in [2.24, 2.45) is 0 Å². The van der Waals surface area contributed by atoms with Crippen LogP contribution in [0.4, 0.5) is 4.39 Å². The molecule has 0 aliphatic carbocycles. The lowest BCUT2D eigenvalue weighted by Crippen LogP contribution is -2.24. The smallest absolute Gasteiger partial charge is 0.292 e. The van der Waals surface area contributed by atoms with Crippen LogP contribution in [0.15, 0.2) is 28.8 Å². The van der Waals surface area contributed by atoms with Crippen LogP contribution in [0.2, 0.25) is 0 Å². The van der Waals surface area contributed by atoms with Gasteiger partial charge >= 0.3 is 0 Å². The standard InChI is InChI=1S/C12H13FN4O4S/c1-22(19,20)15-7-10-16-11(17-21-10)12(18)14-6-8-2-4-9(13)5-3-8/h2-5,15H,6-7H2,1H3,(H,14,18). The van der Waals surface area contributed by atoms with Crippen LogP contribution in [0.3, 0.4) is 0 Å². The summed E-state index contributed by atoms with van der Waals surface area (Å²) in [6.45, 7) is -0.0261. The molecule has 10 heteroatoms. The van der Waals surface area contributed by atoms with Crippen molar-refractivity contribution in [3.63, 3.8) is 0 Å². The minimum absolute atomic E-state index is 0.0302. The molecule has 0 aliphatic heterocycles.